The summed E-state index contributed by atoms with van der Waals surface area (Å²) >= 11 is 1.07. The maximum Gasteiger partial charge on any atom is 0.346 e. The minimum absolute atomic E-state index is 0.0952. The Labute approximate surface area is 110 Å². The van der Waals surface area contributed by atoms with E-state index in [-0.39, 0.29) is 16.7 Å². The van der Waals surface area contributed by atoms with Crippen molar-refractivity contribution in [1.82, 2.24) is 0 Å². The van der Waals surface area contributed by atoms with E-state index in [1.165, 1.54) is 7.11 Å². The highest BCUT2D eigenvalue weighted by Gasteiger charge is 2.20. The maximum atomic E-state index is 11.6. The third kappa shape index (κ3) is 3.30. The van der Waals surface area contributed by atoms with E-state index >= 15 is 0 Å². The van der Waals surface area contributed by atoms with Gasteiger partial charge in [0.2, 0.25) is 0 Å². The number of carbonyl (C=O) groups excluding carboxylic acids is 1. The van der Waals surface area contributed by atoms with Gasteiger partial charge < -0.3 is 15.2 Å². The van der Waals surface area contributed by atoms with Gasteiger partial charge in [0.05, 0.1) is 5.00 Å². The molecule has 0 saturated heterocycles. The van der Waals surface area contributed by atoms with Gasteiger partial charge in [-0.25, -0.2) is 4.79 Å². The van der Waals surface area contributed by atoms with Crippen LogP contribution in [0.3, 0.4) is 0 Å². The lowest BCUT2D eigenvalue weighted by Gasteiger charge is -2.08. The van der Waals surface area contributed by atoms with Crippen LogP contribution in [0.15, 0.2) is 6.07 Å². The summed E-state index contributed by atoms with van der Waals surface area (Å²) in [4.78, 5) is 23.0. The molecule has 1 atom stereocenters. The number of amides is 1. The first-order valence-corrected chi connectivity index (χ1v) is 6.39. The van der Waals surface area contributed by atoms with E-state index in [0.717, 1.165) is 16.9 Å². The van der Waals surface area contributed by atoms with E-state index < -0.39 is 12.1 Å². The molecule has 1 amide bonds. The van der Waals surface area contributed by atoms with Gasteiger partial charge in [-0.2, -0.15) is 0 Å². The highest BCUT2D eigenvalue weighted by molar-refractivity contribution is 7.18. The Morgan fingerprint density at radius 2 is 2.00 bits per heavy atom. The summed E-state index contributed by atoms with van der Waals surface area (Å²) in [6.45, 7) is 5.46. The fraction of sp³-hybridized carbons (Fsp3) is 0.500. The summed E-state index contributed by atoms with van der Waals surface area (Å²) in [5.41, 5.74) is 0.730. The van der Waals surface area contributed by atoms with Crippen molar-refractivity contribution in [3.05, 3.63) is 16.5 Å². The van der Waals surface area contributed by atoms with Crippen LogP contribution in [-0.2, 0) is 9.53 Å². The SMILES string of the molecule is COC(C)C(=O)Nc1cc(C(C)C)c(C(=O)O)s1. The van der Waals surface area contributed by atoms with Crippen LogP contribution in [-0.4, -0.2) is 30.2 Å². The van der Waals surface area contributed by atoms with Crippen molar-refractivity contribution in [1.29, 1.82) is 0 Å². The summed E-state index contributed by atoms with van der Waals surface area (Å²) in [7, 11) is 1.45. The summed E-state index contributed by atoms with van der Waals surface area (Å²) < 4.78 is 4.89. The van der Waals surface area contributed by atoms with Gasteiger partial charge in [0.25, 0.3) is 5.91 Å². The second-order valence-corrected chi connectivity index (χ2v) is 5.27. The average Bonchev–Trinajstić information content (AvgIpc) is 2.72. The molecule has 6 heteroatoms. The van der Waals surface area contributed by atoms with Crippen molar-refractivity contribution in [2.24, 2.45) is 0 Å². The van der Waals surface area contributed by atoms with Crippen molar-refractivity contribution in [3.63, 3.8) is 0 Å². The predicted molar refractivity (Wildman–Crippen MR) is 70.5 cm³/mol. The van der Waals surface area contributed by atoms with E-state index in [0.29, 0.717) is 5.00 Å². The number of ether oxygens (including phenoxy) is 1. The highest BCUT2D eigenvalue weighted by Crippen LogP contribution is 2.32. The molecule has 2 N–H and O–H groups in total. The third-order valence-corrected chi connectivity index (χ3v) is 3.60. The summed E-state index contributed by atoms with van der Waals surface area (Å²) in [5.74, 6) is -1.16. The Hall–Kier alpha value is -1.40. The Morgan fingerprint density at radius 1 is 1.39 bits per heavy atom. The minimum Gasteiger partial charge on any atom is -0.477 e. The molecular formula is C12H17NO4S. The average molecular weight is 271 g/mol. The van der Waals surface area contributed by atoms with Gasteiger partial charge in [0.1, 0.15) is 11.0 Å². The van der Waals surface area contributed by atoms with Crippen LogP contribution in [0.4, 0.5) is 5.00 Å². The Bertz CT molecular complexity index is 453. The molecule has 0 aromatic carbocycles. The smallest absolute Gasteiger partial charge is 0.346 e. The van der Waals surface area contributed by atoms with Crippen molar-refractivity contribution in [3.8, 4) is 0 Å². The van der Waals surface area contributed by atoms with Crippen LogP contribution in [0.2, 0.25) is 0 Å². The molecule has 18 heavy (non-hydrogen) atoms. The molecular weight excluding hydrogens is 254 g/mol. The van der Waals surface area contributed by atoms with Crippen molar-refractivity contribution in [2.75, 3.05) is 12.4 Å². The zero-order chi connectivity index (χ0) is 13.9. The van der Waals surface area contributed by atoms with Crippen LogP contribution >= 0.6 is 11.3 Å². The fourth-order valence-corrected chi connectivity index (χ4v) is 2.45. The van der Waals surface area contributed by atoms with Crippen molar-refractivity contribution in [2.45, 2.75) is 32.8 Å². The maximum absolute atomic E-state index is 11.6. The van der Waals surface area contributed by atoms with Crippen LogP contribution in [0, 0.1) is 0 Å². The molecule has 100 valence electrons. The van der Waals surface area contributed by atoms with Crippen molar-refractivity contribution < 1.29 is 19.4 Å². The van der Waals surface area contributed by atoms with E-state index in [2.05, 4.69) is 5.32 Å². The number of anilines is 1. The number of carboxylic acid groups (broad SMARTS) is 1. The third-order valence-electron chi connectivity index (χ3n) is 2.55. The molecule has 0 saturated carbocycles. The molecule has 0 aliphatic heterocycles. The molecule has 5 nitrogen and oxygen atoms in total. The molecule has 1 unspecified atom stereocenters. The van der Waals surface area contributed by atoms with E-state index in [9.17, 15) is 9.59 Å². The van der Waals surface area contributed by atoms with Gasteiger partial charge in [-0.3, -0.25) is 4.79 Å². The molecule has 0 aliphatic carbocycles. The quantitative estimate of drug-likeness (QED) is 0.863. The number of methoxy groups -OCH3 is 1. The predicted octanol–water partition coefficient (Wildman–Crippen LogP) is 2.54. The number of carbonyl (C=O) groups is 2. The van der Waals surface area contributed by atoms with Crippen LogP contribution in [0.5, 0.6) is 0 Å². The number of hydrogen-bond acceptors (Lipinski definition) is 4. The van der Waals surface area contributed by atoms with Crippen LogP contribution in [0.25, 0.3) is 0 Å². The number of rotatable bonds is 5. The molecule has 0 fully saturated rings. The first kappa shape index (κ1) is 14.7. The number of hydrogen-bond donors (Lipinski definition) is 2. The highest BCUT2D eigenvalue weighted by atomic mass is 32.1. The Kier molecular flexibility index (Phi) is 4.86. The van der Waals surface area contributed by atoms with Gasteiger partial charge in [0.15, 0.2) is 0 Å². The standard InChI is InChI=1S/C12H17NO4S/c1-6(2)8-5-9(18-10(8)12(15)16)13-11(14)7(3)17-4/h5-7H,1-4H3,(H,13,14)(H,15,16). The van der Waals surface area contributed by atoms with Gasteiger partial charge in [-0.05, 0) is 24.5 Å². The lowest BCUT2D eigenvalue weighted by atomic mass is 10.0. The summed E-state index contributed by atoms with van der Waals surface area (Å²) in [6, 6.07) is 1.71. The molecule has 0 bridgehead atoms. The Balaban J connectivity index is 2.95. The molecule has 1 aromatic heterocycles. The Morgan fingerprint density at radius 3 is 2.39 bits per heavy atom. The second kappa shape index (κ2) is 5.97. The van der Waals surface area contributed by atoms with E-state index in [4.69, 9.17) is 9.84 Å². The van der Waals surface area contributed by atoms with Crippen LogP contribution < -0.4 is 5.32 Å². The summed E-state index contributed by atoms with van der Waals surface area (Å²) in [5, 5.41) is 12.3. The number of thiophene rings is 1. The van der Waals surface area contributed by atoms with Crippen LogP contribution in [0.1, 0.15) is 41.9 Å². The van der Waals surface area contributed by atoms with Crippen molar-refractivity contribution >= 4 is 28.2 Å². The van der Waals surface area contributed by atoms with Gasteiger partial charge in [-0.15, -0.1) is 11.3 Å². The number of nitrogens with one attached hydrogen (secondary N) is 1. The van der Waals surface area contributed by atoms with E-state index in [1.54, 1.807) is 13.0 Å². The first-order chi connectivity index (χ1) is 8.36. The minimum atomic E-state index is -0.969. The summed E-state index contributed by atoms with van der Waals surface area (Å²) in [6.07, 6.45) is -0.567. The van der Waals surface area contributed by atoms with Gasteiger partial charge in [-0.1, -0.05) is 13.8 Å². The first-order valence-electron chi connectivity index (χ1n) is 5.57. The molecule has 0 radical (unpaired) electrons. The lowest BCUT2D eigenvalue weighted by molar-refractivity contribution is -0.124. The van der Waals surface area contributed by atoms with E-state index in [1.807, 2.05) is 13.8 Å². The molecule has 1 rings (SSSR count). The number of aromatic carboxylic acids is 1. The second-order valence-electron chi connectivity index (χ2n) is 4.22. The van der Waals surface area contributed by atoms with Gasteiger partial charge in [0, 0.05) is 7.11 Å². The monoisotopic (exact) mass is 271 g/mol. The fourth-order valence-electron chi connectivity index (χ4n) is 1.39. The zero-order valence-electron chi connectivity index (χ0n) is 10.8. The molecule has 1 aromatic rings. The largest absolute Gasteiger partial charge is 0.477 e. The molecule has 0 aliphatic rings. The van der Waals surface area contributed by atoms with Gasteiger partial charge >= 0.3 is 5.97 Å². The number of carboxylic acids is 1. The molecule has 0 spiro atoms. The zero-order valence-corrected chi connectivity index (χ0v) is 11.6. The topological polar surface area (TPSA) is 75.6 Å². The molecule has 1 heterocycles. The lowest BCUT2D eigenvalue weighted by Crippen LogP contribution is -2.26. The normalized spacial score (nSPS) is 12.5.